The Kier molecular flexibility index (Phi) is 6.24. The van der Waals surface area contributed by atoms with Crippen molar-refractivity contribution in [3.8, 4) is 0 Å². The van der Waals surface area contributed by atoms with Gasteiger partial charge in [0.2, 0.25) is 5.91 Å². The lowest BCUT2D eigenvalue weighted by Crippen LogP contribution is -2.58. The van der Waals surface area contributed by atoms with Gasteiger partial charge in [-0.1, -0.05) is 43.2 Å². The molecule has 132 valence electrons. The number of hydrogen-bond donors (Lipinski definition) is 2. The van der Waals surface area contributed by atoms with Gasteiger partial charge in [0.05, 0.1) is 25.9 Å². The maximum atomic E-state index is 12.8. The van der Waals surface area contributed by atoms with E-state index in [2.05, 4.69) is 10.2 Å². The Morgan fingerprint density at radius 1 is 1.29 bits per heavy atom. The second kappa shape index (κ2) is 8.60. The molecule has 5 heteroatoms. The number of aliphatic hydroxyl groups excluding tert-OH is 1. The highest BCUT2D eigenvalue weighted by Crippen LogP contribution is 2.26. The first kappa shape index (κ1) is 17.4. The van der Waals surface area contributed by atoms with Crippen molar-refractivity contribution in [2.45, 2.75) is 50.2 Å². The Hall–Kier alpha value is -1.43. The first-order chi connectivity index (χ1) is 11.8. The zero-order valence-corrected chi connectivity index (χ0v) is 14.2. The number of amides is 1. The van der Waals surface area contributed by atoms with E-state index in [4.69, 9.17) is 4.74 Å². The SMILES string of the molecule is O=C(N[C@H](CO)Cc1ccccc1)[C@@H]1COCCN1C1CCCC1. The highest BCUT2D eigenvalue weighted by Gasteiger charge is 2.35. The van der Waals surface area contributed by atoms with Crippen molar-refractivity contribution in [1.82, 2.24) is 10.2 Å². The van der Waals surface area contributed by atoms with E-state index < -0.39 is 0 Å². The van der Waals surface area contributed by atoms with Gasteiger partial charge in [-0.05, 0) is 24.8 Å². The summed E-state index contributed by atoms with van der Waals surface area (Å²) >= 11 is 0. The number of benzene rings is 1. The summed E-state index contributed by atoms with van der Waals surface area (Å²) in [6.07, 6.45) is 5.50. The third-order valence-corrected chi connectivity index (χ3v) is 5.16. The van der Waals surface area contributed by atoms with E-state index >= 15 is 0 Å². The van der Waals surface area contributed by atoms with Gasteiger partial charge in [0.25, 0.3) is 0 Å². The zero-order valence-electron chi connectivity index (χ0n) is 14.2. The fraction of sp³-hybridized carbons (Fsp3) is 0.632. The van der Waals surface area contributed by atoms with Gasteiger partial charge in [0.1, 0.15) is 6.04 Å². The van der Waals surface area contributed by atoms with Gasteiger partial charge >= 0.3 is 0 Å². The average Bonchev–Trinajstić information content (AvgIpc) is 3.16. The molecule has 0 bridgehead atoms. The molecule has 3 rings (SSSR count). The van der Waals surface area contributed by atoms with E-state index in [1.54, 1.807) is 0 Å². The molecule has 0 unspecified atom stereocenters. The highest BCUT2D eigenvalue weighted by molar-refractivity contribution is 5.82. The summed E-state index contributed by atoms with van der Waals surface area (Å²) in [4.78, 5) is 15.1. The number of nitrogens with one attached hydrogen (secondary N) is 1. The Bertz CT molecular complexity index is 517. The van der Waals surface area contributed by atoms with Crippen LogP contribution in [0, 0.1) is 0 Å². The summed E-state index contributed by atoms with van der Waals surface area (Å²) in [7, 11) is 0. The number of aliphatic hydroxyl groups is 1. The minimum Gasteiger partial charge on any atom is -0.394 e. The zero-order chi connectivity index (χ0) is 16.8. The predicted octanol–water partition coefficient (Wildman–Crippen LogP) is 1.35. The third kappa shape index (κ3) is 4.35. The third-order valence-electron chi connectivity index (χ3n) is 5.16. The van der Waals surface area contributed by atoms with Gasteiger partial charge < -0.3 is 15.2 Å². The van der Waals surface area contributed by atoms with Crippen LogP contribution < -0.4 is 5.32 Å². The molecule has 1 amide bonds. The number of ether oxygens (including phenoxy) is 1. The van der Waals surface area contributed by atoms with E-state index in [-0.39, 0.29) is 24.6 Å². The Morgan fingerprint density at radius 2 is 2.04 bits per heavy atom. The molecule has 0 spiro atoms. The second-order valence-electron chi connectivity index (χ2n) is 6.84. The highest BCUT2D eigenvalue weighted by atomic mass is 16.5. The van der Waals surface area contributed by atoms with Crippen molar-refractivity contribution < 1.29 is 14.6 Å². The molecule has 2 N–H and O–H groups in total. The molecule has 1 aromatic rings. The van der Waals surface area contributed by atoms with Crippen LogP contribution in [0.2, 0.25) is 0 Å². The Morgan fingerprint density at radius 3 is 2.75 bits per heavy atom. The van der Waals surface area contributed by atoms with Crippen LogP contribution >= 0.6 is 0 Å². The molecule has 2 atom stereocenters. The van der Waals surface area contributed by atoms with Crippen LogP contribution in [0.3, 0.4) is 0 Å². The largest absolute Gasteiger partial charge is 0.394 e. The molecule has 24 heavy (non-hydrogen) atoms. The summed E-state index contributed by atoms with van der Waals surface area (Å²) in [5.74, 6) is -0.0171. The smallest absolute Gasteiger partial charge is 0.240 e. The summed E-state index contributed by atoms with van der Waals surface area (Å²) in [6, 6.07) is 9.97. The summed E-state index contributed by atoms with van der Waals surface area (Å²) in [5.41, 5.74) is 1.12. The molecule has 1 aliphatic heterocycles. The normalized spacial score (nSPS) is 24.0. The van der Waals surface area contributed by atoms with Crippen LogP contribution in [0.5, 0.6) is 0 Å². The lowest BCUT2D eigenvalue weighted by molar-refractivity contribution is -0.135. The van der Waals surface area contributed by atoms with E-state index in [1.807, 2.05) is 30.3 Å². The van der Waals surface area contributed by atoms with Crippen LogP contribution in [-0.4, -0.2) is 60.4 Å². The number of morpholine rings is 1. The van der Waals surface area contributed by atoms with Crippen LogP contribution in [0.25, 0.3) is 0 Å². The minimum absolute atomic E-state index is 0.0171. The maximum absolute atomic E-state index is 12.8. The lowest BCUT2D eigenvalue weighted by atomic mass is 10.0. The van der Waals surface area contributed by atoms with Crippen molar-refractivity contribution in [3.63, 3.8) is 0 Å². The van der Waals surface area contributed by atoms with Crippen molar-refractivity contribution >= 4 is 5.91 Å². The van der Waals surface area contributed by atoms with Gasteiger partial charge in [0.15, 0.2) is 0 Å². The molecule has 1 saturated carbocycles. The van der Waals surface area contributed by atoms with Gasteiger partial charge in [-0.15, -0.1) is 0 Å². The molecule has 5 nitrogen and oxygen atoms in total. The number of hydrogen-bond acceptors (Lipinski definition) is 4. The molecular formula is C19H28N2O3. The van der Waals surface area contributed by atoms with Gasteiger partial charge in [0, 0.05) is 12.6 Å². The van der Waals surface area contributed by atoms with Crippen LogP contribution in [-0.2, 0) is 16.0 Å². The number of rotatable bonds is 6. The molecule has 1 aliphatic carbocycles. The van der Waals surface area contributed by atoms with E-state index in [1.165, 1.54) is 25.7 Å². The van der Waals surface area contributed by atoms with E-state index in [9.17, 15) is 9.90 Å². The lowest BCUT2D eigenvalue weighted by Gasteiger charge is -2.39. The van der Waals surface area contributed by atoms with Crippen LogP contribution in [0.1, 0.15) is 31.2 Å². The minimum atomic E-state index is -0.257. The molecule has 1 aromatic carbocycles. The summed E-state index contributed by atoms with van der Waals surface area (Å²) in [6.45, 7) is 1.92. The maximum Gasteiger partial charge on any atom is 0.240 e. The monoisotopic (exact) mass is 332 g/mol. The summed E-state index contributed by atoms with van der Waals surface area (Å²) in [5, 5.41) is 12.7. The van der Waals surface area contributed by atoms with Crippen molar-refractivity contribution in [2.75, 3.05) is 26.4 Å². The van der Waals surface area contributed by atoms with Gasteiger partial charge in [-0.2, -0.15) is 0 Å². The first-order valence-corrected chi connectivity index (χ1v) is 9.06. The van der Waals surface area contributed by atoms with Crippen molar-refractivity contribution in [1.29, 1.82) is 0 Å². The summed E-state index contributed by atoms with van der Waals surface area (Å²) < 4.78 is 5.56. The van der Waals surface area contributed by atoms with Gasteiger partial charge in [-0.25, -0.2) is 0 Å². The second-order valence-corrected chi connectivity index (χ2v) is 6.84. The Balaban J connectivity index is 1.60. The topological polar surface area (TPSA) is 61.8 Å². The van der Waals surface area contributed by atoms with Crippen LogP contribution in [0.4, 0.5) is 0 Å². The molecular weight excluding hydrogens is 304 g/mol. The van der Waals surface area contributed by atoms with Crippen molar-refractivity contribution in [3.05, 3.63) is 35.9 Å². The molecule has 2 aliphatic rings. The first-order valence-electron chi connectivity index (χ1n) is 9.06. The van der Waals surface area contributed by atoms with Crippen molar-refractivity contribution in [2.24, 2.45) is 0 Å². The standard InChI is InChI=1S/C19H28N2O3/c22-13-16(12-15-6-2-1-3-7-15)20-19(23)18-14-24-11-10-21(18)17-8-4-5-9-17/h1-3,6-7,16-18,22H,4-5,8-14H2,(H,20,23)/t16-,18-/m0/s1. The molecule has 1 saturated heterocycles. The molecule has 1 heterocycles. The fourth-order valence-electron chi connectivity index (χ4n) is 3.87. The number of carbonyl (C=O) groups is 1. The average molecular weight is 332 g/mol. The fourth-order valence-corrected chi connectivity index (χ4v) is 3.87. The number of carbonyl (C=O) groups excluding carboxylic acids is 1. The molecule has 2 fully saturated rings. The number of nitrogens with zero attached hydrogens (tertiary/aromatic N) is 1. The predicted molar refractivity (Wildman–Crippen MR) is 92.7 cm³/mol. The molecule has 0 aromatic heterocycles. The van der Waals surface area contributed by atoms with Gasteiger partial charge in [-0.3, -0.25) is 9.69 Å². The Labute approximate surface area is 144 Å². The quantitative estimate of drug-likeness (QED) is 0.825. The molecule has 0 radical (unpaired) electrons. The van der Waals surface area contributed by atoms with E-state index in [0.717, 1.165) is 12.1 Å². The van der Waals surface area contributed by atoms with Crippen LogP contribution in [0.15, 0.2) is 30.3 Å². The van der Waals surface area contributed by atoms with E-state index in [0.29, 0.717) is 25.7 Å².